The van der Waals surface area contributed by atoms with Gasteiger partial charge < -0.3 is 0 Å². The Labute approximate surface area is 147 Å². The van der Waals surface area contributed by atoms with Gasteiger partial charge in [-0.25, -0.2) is 4.98 Å². The molecule has 0 saturated carbocycles. The normalized spacial score (nSPS) is 10.5. The molecule has 0 spiro atoms. The van der Waals surface area contributed by atoms with Crippen LogP contribution in [-0.4, -0.2) is 10.9 Å². The summed E-state index contributed by atoms with van der Waals surface area (Å²) in [6.45, 7) is 0. The summed E-state index contributed by atoms with van der Waals surface area (Å²) in [4.78, 5) is 16.6. The van der Waals surface area contributed by atoms with Crippen LogP contribution in [-0.2, 0) is 6.42 Å². The average molecular weight is 363 g/mol. The molecule has 0 radical (unpaired) electrons. The minimum Gasteiger partial charge on any atom is -0.298 e. The molecule has 3 rings (SSSR count). The Morgan fingerprint density at radius 1 is 1.09 bits per heavy atom. The number of hydrogen-bond acceptors (Lipinski definition) is 3. The van der Waals surface area contributed by atoms with E-state index in [1.54, 1.807) is 24.3 Å². The monoisotopic (exact) mass is 362 g/mol. The van der Waals surface area contributed by atoms with Crippen LogP contribution in [0.3, 0.4) is 0 Å². The standard InChI is InChI=1S/C17H12Cl2N2OS/c18-12-7-5-11(6-8-12)9-13-10-23-17(20-13)21-16(22)14-3-1-2-4-15(14)19/h1-8,10H,9H2,(H,20,21,22). The molecule has 0 atom stereocenters. The Morgan fingerprint density at radius 2 is 1.83 bits per heavy atom. The molecule has 3 aromatic rings. The van der Waals surface area contributed by atoms with Gasteiger partial charge >= 0.3 is 0 Å². The van der Waals surface area contributed by atoms with E-state index in [9.17, 15) is 4.79 Å². The highest BCUT2D eigenvalue weighted by Crippen LogP contribution is 2.21. The van der Waals surface area contributed by atoms with Gasteiger partial charge in [-0.05, 0) is 29.8 Å². The predicted molar refractivity (Wildman–Crippen MR) is 95.8 cm³/mol. The molecule has 0 fully saturated rings. The third-order valence-corrected chi connectivity index (χ3v) is 4.58. The van der Waals surface area contributed by atoms with Gasteiger partial charge in [0.2, 0.25) is 0 Å². The summed E-state index contributed by atoms with van der Waals surface area (Å²) in [5.41, 5.74) is 2.44. The van der Waals surface area contributed by atoms with E-state index in [-0.39, 0.29) is 5.91 Å². The van der Waals surface area contributed by atoms with Crippen LogP contribution in [0.25, 0.3) is 0 Å². The van der Waals surface area contributed by atoms with Crippen molar-refractivity contribution in [3.63, 3.8) is 0 Å². The molecule has 1 N–H and O–H groups in total. The highest BCUT2D eigenvalue weighted by atomic mass is 35.5. The molecule has 0 aliphatic carbocycles. The van der Waals surface area contributed by atoms with Gasteiger partial charge in [0.1, 0.15) is 0 Å². The number of halogens is 2. The molecule has 2 aromatic carbocycles. The molecule has 0 unspecified atom stereocenters. The van der Waals surface area contributed by atoms with E-state index in [2.05, 4.69) is 10.3 Å². The molecule has 0 aliphatic rings. The van der Waals surface area contributed by atoms with Crippen LogP contribution >= 0.6 is 34.5 Å². The van der Waals surface area contributed by atoms with Crippen LogP contribution in [0.15, 0.2) is 53.9 Å². The number of anilines is 1. The minimum absolute atomic E-state index is 0.261. The molecule has 0 aliphatic heterocycles. The first-order chi connectivity index (χ1) is 11.1. The van der Waals surface area contributed by atoms with Gasteiger partial charge in [-0.3, -0.25) is 10.1 Å². The smallest absolute Gasteiger partial charge is 0.258 e. The van der Waals surface area contributed by atoms with Gasteiger partial charge in [0.25, 0.3) is 5.91 Å². The summed E-state index contributed by atoms with van der Waals surface area (Å²) < 4.78 is 0. The summed E-state index contributed by atoms with van der Waals surface area (Å²) in [5, 5.41) is 6.39. The summed E-state index contributed by atoms with van der Waals surface area (Å²) in [7, 11) is 0. The Hall–Kier alpha value is -1.88. The minimum atomic E-state index is -0.261. The molecule has 0 saturated heterocycles. The second-order valence-corrected chi connectivity index (χ2v) is 6.58. The maximum atomic E-state index is 12.2. The number of aromatic nitrogens is 1. The van der Waals surface area contributed by atoms with Crippen molar-refractivity contribution in [1.82, 2.24) is 4.98 Å². The second-order valence-electron chi connectivity index (χ2n) is 4.88. The van der Waals surface area contributed by atoms with Crippen LogP contribution in [0.1, 0.15) is 21.6 Å². The number of carbonyl (C=O) groups is 1. The number of rotatable bonds is 4. The van der Waals surface area contributed by atoms with Gasteiger partial charge in [-0.1, -0.05) is 47.5 Å². The summed E-state index contributed by atoms with van der Waals surface area (Å²) in [6, 6.07) is 14.5. The molecule has 6 heteroatoms. The Kier molecular flexibility index (Phi) is 4.96. The highest BCUT2D eigenvalue weighted by molar-refractivity contribution is 7.14. The van der Waals surface area contributed by atoms with Crippen molar-refractivity contribution in [2.45, 2.75) is 6.42 Å². The van der Waals surface area contributed by atoms with Gasteiger partial charge in [0.05, 0.1) is 16.3 Å². The van der Waals surface area contributed by atoms with Crippen LogP contribution in [0, 0.1) is 0 Å². The van der Waals surface area contributed by atoms with Crippen molar-refractivity contribution in [1.29, 1.82) is 0 Å². The lowest BCUT2D eigenvalue weighted by molar-refractivity contribution is 0.102. The van der Waals surface area contributed by atoms with Crippen LogP contribution in [0.4, 0.5) is 5.13 Å². The topological polar surface area (TPSA) is 42.0 Å². The molecule has 1 heterocycles. The third kappa shape index (κ3) is 4.10. The summed E-state index contributed by atoms with van der Waals surface area (Å²) >= 11 is 13.3. The zero-order chi connectivity index (χ0) is 16.2. The molecule has 1 amide bonds. The number of benzene rings is 2. The Morgan fingerprint density at radius 3 is 2.57 bits per heavy atom. The first-order valence-electron chi connectivity index (χ1n) is 6.86. The number of nitrogens with one attached hydrogen (secondary N) is 1. The Balaban J connectivity index is 1.69. The van der Waals surface area contributed by atoms with Crippen molar-refractivity contribution >= 4 is 45.6 Å². The number of amides is 1. The van der Waals surface area contributed by atoms with E-state index in [0.29, 0.717) is 27.2 Å². The van der Waals surface area contributed by atoms with E-state index in [1.165, 1.54) is 11.3 Å². The molecule has 116 valence electrons. The molecule has 1 aromatic heterocycles. The highest BCUT2D eigenvalue weighted by Gasteiger charge is 2.12. The first-order valence-corrected chi connectivity index (χ1v) is 8.50. The van der Waals surface area contributed by atoms with Crippen LogP contribution in [0.2, 0.25) is 10.0 Å². The summed E-state index contributed by atoms with van der Waals surface area (Å²) in [5.74, 6) is -0.261. The fourth-order valence-electron chi connectivity index (χ4n) is 2.07. The summed E-state index contributed by atoms with van der Waals surface area (Å²) in [6.07, 6.45) is 0.690. The van der Waals surface area contributed by atoms with Crippen molar-refractivity contribution in [3.05, 3.63) is 80.8 Å². The first kappa shape index (κ1) is 16.0. The molecular formula is C17H12Cl2N2OS. The Bertz CT molecular complexity index is 831. The van der Waals surface area contributed by atoms with E-state index in [1.807, 2.05) is 29.6 Å². The number of hydrogen-bond donors (Lipinski definition) is 1. The van der Waals surface area contributed by atoms with Crippen molar-refractivity contribution in [2.75, 3.05) is 5.32 Å². The van der Waals surface area contributed by atoms with Gasteiger partial charge in [0, 0.05) is 16.8 Å². The lowest BCUT2D eigenvalue weighted by Gasteiger charge is -2.03. The van der Waals surface area contributed by atoms with Gasteiger partial charge in [0.15, 0.2) is 5.13 Å². The predicted octanol–water partition coefficient (Wildman–Crippen LogP) is 5.29. The van der Waals surface area contributed by atoms with E-state index < -0.39 is 0 Å². The zero-order valence-corrected chi connectivity index (χ0v) is 14.3. The van der Waals surface area contributed by atoms with Crippen molar-refractivity contribution in [2.24, 2.45) is 0 Å². The van der Waals surface area contributed by atoms with E-state index in [0.717, 1.165) is 11.3 Å². The molecular weight excluding hydrogens is 351 g/mol. The van der Waals surface area contributed by atoms with Gasteiger partial charge in [-0.15, -0.1) is 11.3 Å². The van der Waals surface area contributed by atoms with Crippen LogP contribution in [0.5, 0.6) is 0 Å². The van der Waals surface area contributed by atoms with Crippen LogP contribution < -0.4 is 5.32 Å². The molecule has 0 bridgehead atoms. The second kappa shape index (κ2) is 7.13. The zero-order valence-electron chi connectivity index (χ0n) is 11.9. The lowest BCUT2D eigenvalue weighted by atomic mass is 10.1. The number of thiazole rings is 1. The maximum absolute atomic E-state index is 12.2. The van der Waals surface area contributed by atoms with Crippen molar-refractivity contribution < 1.29 is 4.79 Å². The lowest BCUT2D eigenvalue weighted by Crippen LogP contribution is -2.12. The quantitative estimate of drug-likeness (QED) is 0.684. The SMILES string of the molecule is O=C(Nc1nc(Cc2ccc(Cl)cc2)cs1)c1ccccc1Cl. The molecule has 23 heavy (non-hydrogen) atoms. The van der Waals surface area contributed by atoms with E-state index >= 15 is 0 Å². The number of nitrogens with zero attached hydrogens (tertiary/aromatic N) is 1. The maximum Gasteiger partial charge on any atom is 0.258 e. The third-order valence-electron chi connectivity index (χ3n) is 3.19. The fourth-order valence-corrected chi connectivity index (χ4v) is 3.12. The number of carbonyl (C=O) groups excluding carboxylic acids is 1. The fraction of sp³-hybridized carbons (Fsp3) is 0.0588. The van der Waals surface area contributed by atoms with E-state index in [4.69, 9.17) is 23.2 Å². The average Bonchev–Trinajstić information content (AvgIpc) is 2.97. The van der Waals surface area contributed by atoms with Gasteiger partial charge in [-0.2, -0.15) is 0 Å². The van der Waals surface area contributed by atoms with Crippen molar-refractivity contribution in [3.8, 4) is 0 Å². The molecule has 3 nitrogen and oxygen atoms in total. The largest absolute Gasteiger partial charge is 0.298 e.